The molecule has 4 nitrogen and oxygen atoms in total. The molecule has 0 atom stereocenters. The highest BCUT2D eigenvalue weighted by Gasteiger charge is 2.34. The van der Waals surface area contributed by atoms with E-state index in [2.05, 4.69) is 9.97 Å². The number of halogens is 1. The van der Waals surface area contributed by atoms with Gasteiger partial charge in [0.2, 0.25) is 0 Å². The molecule has 1 aliphatic heterocycles. The molecule has 1 aromatic carbocycles. The molecule has 3 rings (SSSR count). The third kappa shape index (κ3) is 1.99. The number of para-hydroxylation sites is 2. The van der Waals surface area contributed by atoms with Crippen LogP contribution in [0.2, 0.25) is 0 Å². The van der Waals surface area contributed by atoms with E-state index in [9.17, 15) is 0 Å². The molecule has 0 unspecified atom stereocenters. The minimum Gasteiger partial charge on any atom is -0.295 e. The molecule has 0 radical (unpaired) electrons. The fourth-order valence-electron chi connectivity index (χ4n) is 1.42. The summed E-state index contributed by atoms with van der Waals surface area (Å²) in [5.74, 6) is 0. The van der Waals surface area contributed by atoms with E-state index in [0.29, 0.717) is 0 Å². The zero-order chi connectivity index (χ0) is 10.5. The second-order valence-electron chi connectivity index (χ2n) is 3.25. The van der Waals surface area contributed by atoms with Crippen molar-refractivity contribution in [2.45, 2.75) is 14.4 Å². The van der Waals surface area contributed by atoms with E-state index < -0.39 is 4.33 Å². The Balaban J connectivity index is 0.000000963. The van der Waals surface area contributed by atoms with E-state index in [1.54, 1.807) is 0 Å². The van der Waals surface area contributed by atoms with Gasteiger partial charge < -0.3 is 0 Å². The Labute approximate surface area is 107 Å². The summed E-state index contributed by atoms with van der Waals surface area (Å²) in [4.78, 5) is 8.94. The third-order valence-electron chi connectivity index (χ3n) is 2.02. The first-order valence-corrected chi connectivity index (χ1v) is 6.00. The van der Waals surface area contributed by atoms with Gasteiger partial charge in [-0.2, -0.15) is 0 Å². The predicted molar refractivity (Wildman–Crippen MR) is 69.6 cm³/mol. The number of fused-ring (bicyclic) bond motifs is 2. The number of benzene rings is 1. The molecular formula is C9H9ClN4S2. The molecule has 16 heavy (non-hydrogen) atoms. The number of thioether (sulfide) groups is 2. The molecule has 4 N–H and O–H groups in total. The van der Waals surface area contributed by atoms with Crippen molar-refractivity contribution < 1.29 is 0 Å². The maximum absolute atomic E-state index is 5.81. The fourth-order valence-corrected chi connectivity index (χ4v) is 3.47. The fraction of sp³-hybridized carbons (Fsp3) is 0.111. The van der Waals surface area contributed by atoms with E-state index in [-0.39, 0.29) is 12.4 Å². The van der Waals surface area contributed by atoms with Crippen molar-refractivity contribution in [2.75, 3.05) is 0 Å². The standard InChI is InChI=1S/C9H8N4S2.ClH/c10-9(11)14-7-8(15-9)13-6-4-2-1-3-5(6)12-7;/h1-4H,10-11H2;1H. The van der Waals surface area contributed by atoms with Crippen molar-refractivity contribution in [3.63, 3.8) is 0 Å². The summed E-state index contributed by atoms with van der Waals surface area (Å²) >= 11 is 2.71. The SMILES string of the molecule is Cl.NC1(N)Sc2nc3ccccc3nc2S1. The molecule has 84 valence electrons. The van der Waals surface area contributed by atoms with Crippen LogP contribution in [0, 0.1) is 0 Å². The highest BCUT2D eigenvalue weighted by molar-refractivity contribution is 8.20. The van der Waals surface area contributed by atoms with Gasteiger partial charge in [-0.05, 0) is 12.1 Å². The Morgan fingerprint density at radius 3 is 1.81 bits per heavy atom. The molecule has 7 heteroatoms. The van der Waals surface area contributed by atoms with Gasteiger partial charge >= 0.3 is 0 Å². The summed E-state index contributed by atoms with van der Waals surface area (Å²) in [7, 11) is 0. The van der Waals surface area contributed by atoms with Crippen LogP contribution in [0.1, 0.15) is 0 Å². The lowest BCUT2D eigenvalue weighted by atomic mass is 10.3. The van der Waals surface area contributed by atoms with E-state index >= 15 is 0 Å². The molecule has 2 aromatic rings. The predicted octanol–water partition coefficient (Wildman–Crippen LogP) is 1.78. The molecule has 1 aromatic heterocycles. The van der Waals surface area contributed by atoms with Crippen molar-refractivity contribution in [1.29, 1.82) is 0 Å². The molecule has 0 saturated heterocycles. The van der Waals surface area contributed by atoms with E-state index in [1.807, 2.05) is 24.3 Å². The number of nitrogens with two attached hydrogens (primary N) is 2. The van der Waals surface area contributed by atoms with Gasteiger partial charge in [0.1, 0.15) is 10.1 Å². The number of aromatic nitrogens is 2. The average molecular weight is 273 g/mol. The van der Waals surface area contributed by atoms with Crippen molar-refractivity contribution >= 4 is 47.0 Å². The van der Waals surface area contributed by atoms with Crippen LogP contribution in [0.4, 0.5) is 0 Å². The van der Waals surface area contributed by atoms with E-state index in [0.717, 1.165) is 21.1 Å². The minimum absolute atomic E-state index is 0. The lowest BCUT2D eigenvalue weighted by Gasteiger charge is -2.11. The summed E-state index contributed by atoms with van der Waals surface area (Å²) in [5, 5.41) is 1.65. The van der Waals surface area contributed by atoms with Gasteiger partial charge in [0.15, 0.2) is 4.33 Å². The van der Waals surface area contributed by atoms with Gasteiger partial charge in [0.05, 0.1) is 11.0 Å². The summed E-state index contributed by atoms with van der Waals surface area (Å²) in [5.41, 5.74) is 13.4. The highest BCUT2D eigenvalue weighted by Crippen LogP contribution is 2.48. The van der Waals surface area contributed by atoms with Gasteiger partial charge in [-0.15, -0.1) is 12.4 Å². The van der Waals surface area contributed by atoms with Crippen molar-refractivity contribution in [3.8, 4) is 0 Å². The van der Waals surface area contributed by atoms with E-state index in [4.69, 9.17) is 11.5 Å². The van der Waals surface area contributed by atoms with Crippen LogP contribution in [0.5, 0.6) is 0 Å². The average Bonchev–Trinajstić information content (AvgIpc) is 2.46. The second kappa shape index (κ2) is 4.05. The topological polar surface area (TPSA) is 77.8 Å². The zero-order valence-corrected chi connectivity index (χ0v) is 10.5. The number of rotatable bonds is 0. The molecule has 0 amide bonds. The van der Waals surface area contributed by atoms with Gasteiger partial charge in [0, 0.05) is 0 Å². The first-order valence-electron chi connectivity index (χ1n) is 4.37. The Morgan fingerprint density at radius 1 is 0.938 bits per heavy atom. The molecule has 0 saturated carbocycles. The molecule has 2 heterocycles. The van der Waals surface area contributed by atoms with Crippen LogP contribution < -0.4 is 11.5 Å². The Hall–Kier alpha value is -0.530. The van der Waals surface area contributed by atoms with Crippen molar-refractivity contribution in [2.24, 2.45) is 11.5 Å². The lowest BCUT2D eigenvalue weighted by Crippen LogP contribution is -2.39. The third-order valence-corrected chi connectivity index (χ3v) is 4.24. The quantitative estimate of drug-likeness (QED) is 0.712. The number of hydrogen-bond acceptors (Lipinski definition) is 6. The van der Waals surface area contributed by atoms with Crippen LogP contribution in [-0.4, -0.2) is 14.3 Å². The van der Waals surface area contributed by atoms with Crippen molar-refractivity contribution in [1.82, 2.24) is 9.97 Å². The van der Waals surface area contributed by atoms with Crippen molar-refractivity contribution in [3.05, 3.63) is 24.3 Å². The maximum atomic E-state index is 5.81. The van der Waals surface area contributed by atoms with Gasteiger partial charge in [-0.1, -0.05) is 35.7 Å². The van der Waals surface area contributed by atoms with Gasteiger partial charge in [-0.25, -0.2) is 9.97 Å². The summed E-state index contributed by atoms with van der Waals surface area (Å²) in [6.45, 7) is 0. The molecule has 0 bridgehead atoms. The van der Waals surface area contributed by atoms with E-state index in [1.165, 1.54) is 23.5 Å². The summed E-state index contributed by atoms with van der Waals surface area (Å²) < 4.78 is -0.834. The molecule has 1 aliphatic rings. The molecule has 0 fully saturated rings. The zero-order valence-electron chi connectivity index (χ0n) is 8.08. The lowest BCUT2D eigenvalue weighted by molar-refractivity contribution is 0.919. The maximum Gasteiger partial charge on any atom is 0.173 e. The smallest absolute Gasteiger partial charge is 0.173 e. The normalized spacial score (nSPS) is 16.9. The van der Waals surface area contributed by atoms with Gasteiger partial charge in [0.25, 0.3) is 0 Å². The molecular weight excluding hydrogens is 264 g/mol. The number of nitrogens with zero attached hydrogens (tertiary/aromatic N) is 2. The Morgan fingerprint density at radius 2 is 1.38 bits per heavy atom. The second-order valence-corrected chi connectivity index (χ2v) is 6.04. The molecule has 0 aliphatic carbocycles. The van der Waals surface area contributed by atoms with Crippen LogP contribution in [0.3, 0.4) is 0 Å². The molecule has 0 spiro atoms. The summed E-state index contributed by atoms with van der Waals surface area (Å²) in [6.07, 6.45) is 0. The van der Waals surface area contributed by atoms with Gasteiger partial charge in [-0.3, -0.25) is 11.5 Å². The summed E-state index contributed by atoms with van der Waals surface area (Å²) in [6, 6.07) is 7.74. The van der Waals surface area contributed by atoms with Crippen LogP contribution in [0.25, 0.3) is 11.0 Å². The van der Waals surface area contributed by atoms with Crippen LogP contribution in [-0.2, 0) is 0 Å². The highest BCUT2D eigenvalue weighted by atomic mass is 35.5. The first kappa shape index (κ1) is 11.9. The number of hydrogen-bond donors (Lipinski definition) is 2. The monoisotopic (exact) mass is 272 g/mol. The van der Waals surface area contributed by atoms with Crippen LogP contribution in [0.15, 0.2) is 34.3 Å². The van der Waals surface area contributed by atoms with Crippen LogP contribution >= 0.6 is 35.9 Å². The first-order chi connectivity index (χ1) is 7.14. The Bertz CT molecular complexity index is 500. The largest absolute Gasteiger partial charge is 0.295 e. The minimum atomic E-state index is -0.834. The Kier molecular flexibility index (Phi) is 3.02.